The van der Waals surface area contributed by atoms with Crippen molar-refractivity contribution < 1.29 is 23.7 Å². The summed E-state index contributed by atoms with van der Waals surface area (Å²) in [4.78, 5) is 32.1. The molecule has 4 rings (SSSR count). The van der Waals surface area contributed by atoms with Gasteiger partial charge in [0.2, 0.25) is 0 Å². The molecule has 10 heteroatoms. The molecule has 2 heterocycles. The molecule has 2 aromatic carbocycles. The van der Waals surface area contributed by atoms with Gasteiger partial charge in [0.1, 0.15) is 12.4 Å². The van der Waals surface area contributed by atoms with Gasteiger partial charge in [0, 0.05) is 0 Å². The minimum Gasteiger partial charge on any atom is -0.494 e. The van der Waals surface area contributed by atoms with Gasteiger partial charge in [-0.2, -0.15) is 0 Å². The lowest BCUT2D eigenvalue weighted by molar-refractivity contribution is -0.139. The lowest BCUT2D eigenvalue weighted by Crippen LogP contribution is -2.39. The topological polar surface area (TPSA) is 88.4 Å². The zero-order valence-corrected chi connectivity index (χ0v) is 24.6. The minimum absolute atomic E-state index is 0.208. The molecule has 0 saturated heterocycles. The lowest BCUT2D eigenvalue weighted by atomic mass is 9.96. The second-order valence-electron chi connectivity index (χ2n) is 8.44. The van der Waals surface area contributed by atoms with Crippen LogP contribution in [0.5, 0.6) is 17.2 Å². The quantitative estimate of drug-likeness (QED) is 0.247. The number of benzene rings is 2. The van der Waals surface area contributed by atoms with Crippen molar-refractivity contribution in [3.05, 3.63) is 95.6 Å². The maximum atomic E-state index is 13.9. The summed E-state index contributed by atoms with van der Waals surface area (Å²) in [6, 6.07) is 10.3. The Hall–Kier alpha value is -3.63. The molecule has 1 aliphatic heterocycles. The number of allylic oxidation sites excluding steroid dienone is 1. The summed E-state index contributed by atoms with van der Waals surface area (Å²) in [5, 5.41) is 0. The molecule has 1 aromatic heterocycles. The number of thiazole rings is 1. The number of nitrogens with zero attached hydrogens (tertiary/aromatic N) is 2. The average Bonchev–Trinajstić information content (AvgIpc) is 3.21. The first-order valence-electron chi connectivity index (χ1n) is 12.4. The van der Waals surface area contributed by atoms with E-state index < -0.39 is 12.0 Å². The molecule has 39 heavy (non-hydrogen) atoms. The number of fused-ring (bicyclic) bond motifs is 1. The predicted molar refractivity (Wildman–Crippen MR) is 154 cm³/mol. The highest BCUT2D eigenvalue weighted by molar-refractivity contribution is 9.10. The Bertz CT molecular complexity index is 1600. The van der Waals surface area contributed by atoms with E-state index in [0.29, 0.717) is 55.5 Å². The third kappa shape index (κ3) is 5.86. The highest BCUT2D eigenvalue weighted by Crippen LogP contribution is 2.37. The standard InChI is InChI=1S/C29H29BrN2O6S/c1-6-13-38-26-21(30)14-18(15-22(26)35-5)16-23-27(33)32-25(19-9-11-20(12-10-19)36-7-2)24(28(34)37-8-3)17(4)31-29(32)39-23/h6,9-12,14-16,25H,1,7-8,13H2,2-5H3/b23-16-/t25-/m0/s1. The van der Waals surface area contributed by atoms with E-state index in [9.17, 15) is 9.59 Å². The summed E-state index contributed by atoms with van der Waals surface area (Å²) in [7, 11) is 1.55. The Morgan fingerprint density at radius 3 is 2.56 bits per heavy atom. The average molecular weight is 614 g/mol. The van der Waals surface area contributed by atoms with Gasteiger partial charge in [0.25, 0.3) is 5.56 Å². The van der Waals surface area contributed by atoms with E-state index in [-0.39, 0.29) is 12.2 Å². The molecule has 1 aliphatic rings. The number of rotatable bonds is 10. The number of esters is 1. The van der Waals surface area contributed by atoms with Crippen molar-refractivity contribution in [2.75, 3.05) is 26.9 Å². The molecule has 3 aromatic rings. The molecule has 0 fully saturated rings. The number of ether oxygens (including phenoxy) is 4. The van der Waals surface area contributed by atoms with Gasteiger partial charge in [-0.25, -0.2) is 9.79 Å². The van der Waals surface area contributed by atoms with Crippen LogP contribution in [0, 0.1) is 0 Å². The van der Waals surface area contributed by atoms with Gasteiger partial charge in [0.15, 0.2) is 16.3 Å². The molecule has 8 nitrogen and oxygen atoms in total. The Balaban J connectivity index is 1.88. The van der Waals surface area contributed by atoms with Gasteiger partial charge in [0.05, 0.1) is 46.6 Å². The van der Waals surface area contributed by atoms with Crippen LogP contribution >= 0.6 is 27.3 Å². The molecule has 0 saturated carbocycles. The van der Waals surface area contributed by atoms with E-state index in [1.165, 1.54) is 11.3 Å². The van der Waals surface area contributed by atoms with E-state index in [1.54, 1.807) is 43.7 Å². The predicted octanol–water partition coefficient (Wildman–Crippen LogP) is 4.53. The van der Waals surface area contributed by atoms with E-state index in [0.717, 1.165) is 11.1 Å². The molecule has 1 atom stereocenters. The number of methoxy groups -OCH3 is 1. The molecule has 0 bridgehead atoms. The van der Waals surface area contributed by atoms with Gasteiger partial charge in [-0.1, -0.05) is 36.1 Å². The summed E-state index contributed by atoms with van der Waals surface area (Å²) in [6.45, 7) is 10.2. The molecular weight excluding hydrogens is 584 g/mol. The number of hydrogen-bond acceptors (Lipinski definition) is 8. The van der Waals surface area contributed by atoms with Crippen molar-refractivity contribution in [1.29, 1.82) is 0 Å². The molecule has 0 aliphatic carbocycles. The van der Waals surface area contributed by atoms with Crippen molar-refractivity contribution in [2.45, 2.75) is 26.8 Å². The second kappa shape index (κ2) is 12.5. The van der Waals surface area contributed by atoms with Gasteiger partial charge in [-0.3, -0.25) is 9.36 Å². The van der Waals surface area contributed by atoms with Gasteiger partial charge < -0.3 is 18.9 Å². The van der Waals surface area contributed by atoms with Crippen LogP contribution in [0.2, 0.25) is 0 Å². The fraction of sp³-hybridized carbons (Fsp3) is 0.276. The van der Waals surface area contributed by atoms with Crippen LogP contribution in [-0.4, -0.2) is 37.5 Å². The summed E-state index contributed by atoms with van der Waals surface area (Å²) in [6.07, 6.45) is 3.42. The lowest BCUT2D eigenvalue weighted by Gasteiger charge is -2.24. The first-order valence-corrected chi connectivity index (χ1v) is 14.0. The highest BCUT2D eigenvalue weighted by Gasteiger charge is 2.33. The third-order valence-electron chi connectivity index (χ3n) is 5.92. The largest absolute Gasteiger partial charge is 0.494 e. The zero-order valence-electron chi connectivity index (χ0n) is 22.2. The summed E-state index contributed by atoms with van der Waals surface area (Å²) in [5.41, 5.74) is 2.04. The summed E-state index contributed by atoms with van der Waals surface area (Å²) < 4.78 is 24.9. The highest BCUT2D eigenvalue weighted by atomic mass is 79.9. The number of halogens is 1. The molecule has 0 N–H and O–H groups in total. The minimum atomic E-state index is -0.700. The van der Waals surface area contributed by atoms with Gasteiger partial charge >= 0.3 is 5.97 Å². The fourth-order valence-corrected chi connectivity index (χ4v) is 5.90. The molecular formula is C29H29BrN2O6S. The van der Waals surface area contributed by atoms with E-state index in [4.69, 9.17) is 18.9 Å². The maximum absolute atomic E-state index is 13.9. The molecule has 0 amide bonds. The van der Waals surface area contributed by atoms with E-state index in [1.807, 2.05) is 37.3 Å². The number of aromatic nitrogens is 1. The molecule has 0 spiro atoms. The Morgan fingerprint density at radius 1 is 1.18 bits per heavy atom. The van der Waals surface area contributed by atoms with Crippen molar-refractivity contribution >= 4 is 39.3 Å². The maximum Gasteiger partial charge on any atom is 0.338 e. The van der Waals surface area contributed by atoms with Gasteiger partial charge in [-0.15, -0.1) is 0 Å². The smallest absolute Gasteiger partial charge is 0.338 e. The van der Waals surface area contributed by atoms with E-state index >= 15 is 0 Å². The van der Waals surface area contributed by atoms with Crippen molar-refractivity contribution in [1.82, 2.24) is 4.57 Å². The Morgan fingerprint density at radius 2 is 1.92 bits per heavy atom. The van der Waals surface area contributed by atoms with Crippen molar-refractivity contribution in [3.8, 4) is 17.2 Å². The number of hydrogen-bond donors (Lipinski definition) is 0. The van der Waals surface area contributed by atoms with E-state index in [2.05, 4.69) is 27.5 Å². The van der Waals surface area contributed by atoms with Gasteiger partial charge in [-0.05, 0) is 78.2 Å². The summed E-state index contributed by atoms with van der Waals surface area (Å²) in [5.74, 6) is 1.25. The van der Waals surface area contributed by atoms with Crippen LogP contribution in [0.3, 0.4) is 0 Å². The number of carbonyl (C=O) groups excluding carboxylic acids is 1. The SMILES string of the molecule is C=CCOc1c(Br)cc(/C=c2\sc3n(c2=O)[C@@H](c2ccc(OCC)cc2)C(C(=O)OCC)=C(C)N=3)cc1OC. The first kappa shape index (κ1) is 28.4. The van der Waals surface area contributed by atoms with Crippen LogP contribution in [0.4, 0.5) is 0 Å². The Labute approximate surface area is 238 Å². The zero-order chi connectivity index (χ0) is 28.1. The van der Waals surface area contributed by atoms with Crippen LogP contribution in [0.15, 0.2) is 74.6 Å². The molecule has 0 unspecified atom stereocenters. The van der Waals surface area contributed by atoms with Crippen molar-refractivity contribution in [3.63, 3.8) is 0 Å². The van der Waals surface area contributed by atoms with Crippen LogP contribution < -0.4 is 29.1 Å². The monoisotopic (exact) mass is 612 g/mol. The first-order chi connectivity index (χ1) is 18.8. The fourth-order valence-electron chi connectivity index (χ4n) is 4.28. The van der Waals surface area contributed by atoms with Crippen LogP contribution in [0.25, 0.3) is 6.08 Å². The Kier molecular flexibility index (Phi) is 9.08. The second-order valence-corrected chi connectivity index (χ2v) is 10.3. The van der Waals surface area contributed by atoms with Crippen LogP contribution in [-0.2, 0) is 9.53 Å². The molecule has 204 valence electrons. The number of carbonyl (C=O) groups is 1. The normalized spacial score (nSPS) is 14.9. The van der Waals surface area contributed by atoms with Crippen LogP contribution in [0.1, 0.15) is 37.9 Å². The third-order valence-corrected chi connectivity index (χ3v) is 7.49. The summed E-state index contributed by atoms with van der Waals surface area (Å²) >= 11 is 4.79. The molecule has 0 radical (unpaired) electrons. The van der Waals surface area contributed by atoms with Crippen molar-refractivity contribution in [2.24, 2.45) is 4.99 Å².